The van der Waals surface area contributed by atoms with Crippen LogP contribution in [0.1, 0.15) is 11.1 Å². The Hall–Kier alpha value is -2.47. The van der Waals surface area contributed by atoms with Crippen molar-refractivity contribution in [2.75, 3.05) is 33.2 Å². The van der Waals surface area contributed by atoms with E-state index in [0.717, 1.165) is 40.5 Å². The lowest BCUT2D eigenvalue weighted by molar-refractivity contribution is 0.351. The summed E-state index contributed by atoms with van der Waals surface area (Å²) in [4.78, 5) is 0. The minimum Gasteiger partial charge on any atom is -0.497 e. The van der Waals surface area contributed by atoms with Crippen LogP contribution in [0.25, 0.3) is 0 Å². The first-order valence-corrected chi connectivity index (χ1v) is 8.39. The number of hydrogen-bond acceptors (Lipinski definition) is 4. The number of anilines is 1. The summed E-state index contributed by atoms with van der Waals surface area (Å²) in [5.41, 5.74) is 3.09. The van der Waals surface area contributed by atoms with Gasteiger partial charge in [0.25, 0.3) is 0 Å². The lowest BCUT2D eigenvalue weighted by Crippen LogP contribution is -2.30. The van der Waals surface area contributed by atoms with E-state index in [1.54, 1.807) is 21.3 Å². The highest BCUT2D eigenvalue weighted by molar-refractivity contribution is 7.80. The van der Waals surface area contributed by atoms with Crippen molar-refractivity contribution in [1.82, 2.24) is 5.32 Å². The van der Waals surface area contributed by atoms with E-state index in [1.165, 1.54) is 0 Å². The highest BCUT2D eigenvalue weighted by atomic mass is 32.1. The van der Waals surface area contributed by atoms with Crippen LogP contribution < -0.4 is 24.8 Å². The molecule has 0 aliphatic heterocycles. The molecule has 6 heteroatoms. The van der Waals surface area contributed by atoms with Crippen molar-refractivity contribution in [1.29, 1.82) is 0 Å². The molecule has 25 heavy (non-hydrogen) atoms. The van der Waals surface area contributed by atoms with Gasteiger partial charge in [0.1, 0.15) is 5.75 Å². The summed E-state index contributed by atoms with van der Waals surface area (Å²) in [6, 6.07) is 11.7. The number of aryl methyl sites for hydroxylation is 1. The second-order valence-corrected chi connectivity index (χ2v) is 5.87. The second-order valence-electron chi connectivity index (χ2n) is 5.46. The summed E-state index contributed by atoms with van der Waals surface area (Å²) in [5, 5.41) is 7.00. The Labute approximate surface area is 154 Å². The molecule has 134 valence electrons. The minimum atomic E-state index is 0.579. The molecule has 0 aromatic heterocycles. The zero-order chi connectivity index (χ0) is 18.2. The number of methoxy groups -OCH3 is 3. The average Bonchev–Trinajstić information content (AvgIpc) is 2.63. The van der Waals surface area contributed by atoms with E-state index in [2.05, 4.69) is 10.6 Å². The fourth-order valence-corrected chi connectivity index (χ4v) is 2.74. The molecule has 0 aliphatic carbocycles. The van der Waals surface area contributed by atoms with Gasteiger partial charge in [-0.05, 0) is 61.0 Å². The van der Waals surface area contributed by atoms with E-state index in [1.807, 2.05) is 43.3 Å². The Kier molecular flexibility index (Phi) is 6.89. The number of nitrogens with one attached hydrogen (secondary N) is 2. The summed E-state index contributed by atoms with van der Waals surface area (Å²) in [6.45, 7) is 2.69. The van der Waals surface area contributed by atoms with Crippen molar-refractivity contribution in [3.05, 3.63) is 47.5 Å². The molecule has 2 aromatic rings. The lowest BCUT2D eigenvalue weighted by atomic mass is 10.1. The molecule has 0 aliphatic rings. The van der Waals surface area contributed by atoms with Crippen LogP contribution in [0.3, 0.4) is 0 Å². The van der Waals surface area contributed by atoms with Crippen molar-refractivity contribution in [2.45, 2.75) is 13.3 Å². The van der Waals surface area contributed by atoms with Gasteiger partial charge in [0.05, 0.1) is 21.3 Å². The number of benzene rings is 2. The van der Waals surface area contributed by atoms with E-state index in [9.17, 15) is 0 Å². The predicted octanol–water partition coefficient (Wildman–Crippen LogP) is 3.55. The number of para-hydroxylation sites is 1. The molecule has 0 fully saturated rings. The summed E-state index contributed by atoms with van der Waals surface area (Å²) in [6.07, 6.45) is 0.768. The highest BCUT2D eigenvalue weighted by Gasteiger charge is 2.09. The van der Waals surface area contributed by atoms with Gasteiger partial charge < -0.3 is 24.8 Å². The zero-order valence-corrected chi connectivity index (χ0v) is 15.8. The summed E-state index contributed by atoms with van der Waals surface area (Å²) >= 11 is 5.37. The summed E-state index contributed by atoms with van der Waals surface area (Å²) in [5.74, 6) is 2.32. The normalized spacial score (nSPS) is 10.1. The largest absolute Gasteiger partial charge is 0.497 e. The third-order valence-electron chi connectivity index (χ3n) is 3.85. The molecule has 0 bridgehead atoms. The Bertz CT molecular complexity index is 735. The van der Waals surface area contributed by atoms with Crippen LogP contribution in [-0.2, 0) is 6.42 Å². The molecule has 2 N–H and O–H groups in total. The first-order valence-electron chi connectivity index (χ1n) is 7.98. The van der Waals surface area contributed by atoms with E-state index < -0.39 is 0 Å². The molecule has 0 heterocycles. The average molecular weight is 360 g/mol. The summed E-state index contributed by atoms with van der Waals surface area (Å²) < 4.78 is 16.0. The number of thiocarbonyl (C=S) groups is 1. The van der Waals surface area contributed by atoms with Gasteiger partial charge in [0.15, 0.2) is 16.6 Å². The van der Waals surface area contributed by atoms with Gasteiger partial charge in [0.2, 0.25) is 0 Å². The fourth-order valence-electron chi connectivity index (χ4n) is 2.53. The minimum absolute atomic E-state index is 0.579. The number of rotatable bonds is 7. The monoisotopic (exact) mass is 360 g/mol. The van der Waals surface area contributed by atoms with Gasteiger partial charge in [-0.3, -0.25) is 0 Å². The maximum Gasteiger partial charge on any atom is 0.170 e. The Morgan fingerprint density at radius 3 is 2.48 bits per heavy atom. The highest BCUT2D eigenvalue weighted by Crippen LogP contribution is 2.30. The smallest absolute Gasteiger partial charge is 0.170 e. The van der Waals surface area contributed by atoms with Gasteiger partial charge >= 0.3 is 0 Å². The topological polar surface area (TPSA) is 51.8 Å². The second kappa shape index (κ2) is 9.13. The molecule has 0 radical (unpaired) electrons. The maximum absolute atomic E-state index is 5.44. The SMILES string of the molecule is COc1ccc(NC(=S)NCCc2cccc(OC)c2OC)c(C)c1. The molecule has 5 nitrogen and oxygen atoms in total. The van der Waals surface area contributed by atoms with Gasteiger partial charge in [-0.25, -0.2) is 0 Å². The fraction of sp³-hybridized carbons (Fsp3) is 0.316. The molecule has 2 rings (SSSR count). The number of ether oxygens (including phenoxy) is 3. The Morgan fingerprint density at radius 2 is 1.84 bits per heavy atom. The number of hydrogen-bond donors (Lipinski definition) is 2. The quantitative estimate of drug-likeness (QED) is 0.737. The third-order valence-corrected chi connectivity index (χ3v) is 4.09. The predicted molar refractivity (Wildman–Crippen MR) is 105 cm³/mol. The lowest BCUT2D eigenvalue weighted by Gasteiger charge is -2.15. The molecular formula is C19H24N2O3S. The van der Waals surface area contributed by atoms with Gasteiger partial charge in [-0.15, -0.1) is 0 Å². The first-order chi connectivity index (χ1) is 12.1. The van der Waals surface area contributed by atoms with Crippen LogP contribution in [0.2, 0.25) is 0 Å². The third kappa shape index (κ3) is 5.00. The standard InChI is InChI=1S/C19H24N2O3S/c1-13-12-15(22-2)8-9-16(13)21-19(25)20-11-10-14-6-5-7-17(23-3)18(14)24-4/h5-9,12H,10-11H2,1-4H3,(H2,20,21,25). The zero-order valence-electron chi connectivity index (χ0n) is 15.0. The van der Waals surface area contributed by atoms with E-state index in [4.69, 9.17) is 26.4 Å². The van der Waals surface area contributed by atoms with Crippen molar-refractivity contribution < 1.29 is 14.2 Å². The molecule has 2 aromatic carbocycles. The molecule has 0 amide bonds. The maximum atomic E-state index is 5.44. The van der Waals surface area contributed by atoms with E-state index in [0.29, 0.717) is 11.7 Å². The molecule has 0 atom stereocenters. The van der Waals surface area contributed by atoms with Crippen molar-refractivity contribution in [2.24, 2.45) is 0 Å². The van der Waals surface area contributed by atoms with E-state index in [-0.39, 0.29) is 0 Å². The van der Waals surface area contributed by atoms with Crippen LogP contribution >= 0.6 is 12.2 Å². The van der Waals surface area contributed by atoms with Crippen molar-refractivity contribution in [3.8, 4) is 17.2 Å². The van der Waals surface area contributed by atoms with Crippen LogP contribution in [0, 0.1) is 6.92 Å². The molecule has 0 saturated heterocycles. The van der Waals surface area contributed by atoms with E-state index >= 15 is 0 Å². The molecular weight excluding hydrogens is 336 g/mol. The van der Waals surface area contributed by atoms with Crippen molar-refractivity contribution in [3.63, 3.8) is 0 Å². The van der Waals surface area contributed by atoms with Crippen LogP contribution in [0.15, 0.2) is 36.4 Å². The Morgan fingerprint density at radius 1 is 1.04 bits per heavy atom. The first kappa shape index (κ1) is 18.9. The van der Waals surface area contributed by atoms with Gasteiger partial charge in [0, 0.05) is 12.2 Å². The van der Waals surface area contributed by atoms with Gasteiger partial charge in [-0.1, -0.05) is 12.1 Å². The van der Waals surface area contributed by atoms with Crippen LogP contribution in [0.4, 0.5) is 5.69 Å². The molecule has 0 spiro atoms. The van der Waals surface area contributed by atoms with Crippen molar-refractivity contribution >= 4 is 23.0 Å². The molecule has 0 saturated carbocycles. The van der Waals surface area contributed by atoms with Crippen LogP contribution in [0.5, 0.6) is 17.2 Å². The Balaban J connectivity index is 1.91. The van der Waals surface area contributed by atoms with Crippen LogP contribution in [-0.4, -0.2) is 33.0 Å². The molecule has 0 unspecified atom stereocenters. The summed E-state index contributed by atoms with van der Waals surface area (Å²) in [7, 11) is 4.93. The van der Waals surface area contributed by atoms with Gasteiger partial charge in [-0.2, -0.15) is 0 Å².